The summed E-state index contributed by atoms with van der Waals surface area (Å²) in [6.45, 7) is 3.41. The van der Waals surface area contributed by atoms with E-state index in [1.54, 1.807) is 42.5 Å². The number of anilines is 1. The molecule has 8 nitrogen and oxygen atoms in total. The van der Waals surface area contributed by atoms with Crippen LogP contribution in [0.15, 0.2) is 71.6 Å². The van der Waals surface area contributed by atoms with Gasteiger partial charge in [-0.15, -0.1) is 0 Å². The number of rotatable bonds is 13. The summed E-state index contributed by atoms with van der Waals surface area (Å²) in [4.78, 5) is 29.2. The van der Waals surface area contributed by atoms with E-state index in [-0.39, 0.29) is 29.1 Å². The second-order valence-electron chi connectivity index (χ2n) is 10.5. The molecule has 0 bridgehead atoms. The van der Waals surface area contributed by atoms with Crippen LogP contribution in [0.25, 0.3) is 0 Å². The van der Waals surface area contributed by atoms with Crippen LogP contribution in [0.2, 0.25) is 15.1 Å². The lowest BCUT2D eigenvalue weighted by molar-refractivity contribution is -0.140. The number of hydrogen-bond donors (Lipinski definition) is 1. The molecular weight excluding hydrogens is 645 g/mol. The van der Waals surface area contributed by atoms with Gasteiger partial charge in [0.1, 0.15) is 18.3 Å². The number of halogens is 3. The second kappa shape index (κ2) is 15.3. The summed E-state index contributed by atoms with van der Waals surface area (Å²) in [5, 5.41) is 4.12. The molecule has 1 unspecified atom stereocenters. The molecule has 1 N–H and O–H groups in total. The summed E-state index contributed by atoms with van der Waals surface area (Å²) in [5.41, 5.74) is 0.709. The van der Waals surface area contributed by atoms with Crippen LogP contribution in [0, 0.1) is 0 Å². The van der Waals surface area contributed by atoms with Gasteiger partial charge in [-0.3, -0.25) is 13.9 Å². The largest absolute Gasteiger partial charge is 0.494 e. The molecule has 1 saturated carbocycles. The highest BCUT2D eigenvalue weighted by atomic mass is 35.5. The van der Waals surface area contributed by atoms with Gasteiger partial charge in [0.15, 0.2) is 0 Å². The van der Waals surface area contributed by atoms with Gasteiger partial charge in [0, 0.05) is 33.2 Å². The Morgan fingerprint density at radius 1 is 0.932 bits per heavy atom. The Bertz CT molecular complexity index is 1530. The first kappa shape index (κ1) is 33.9. The van der Waals surface area contributed by atoms with Crippen LogP contribution in [0.4, 0.5) is 5.69 Å². The highest BCUT2D eigenvalue weighted by molar-refractivity contribution is 7.92. The summed E-state index contributed by atoms with van der Waals surface area (Å²) in [6.07, 6.45) is 4.09. The number of ether oxygens (including phenoxy) is 1. The molecule has 0 spiro atoms. The van der Waals surface area contributed by atoms with Crippen LogP contribution in [0.1, 0.15) is 51.5 Å². The molecule has 1 fully saturated rings. The smallest absolute Gasteiger partial charge is 0.264 e. The summed E-state index contributed by atoms with van der Waals surface area (Å²) >= 11 is 19.0. The minimum atomic E-state index is -4.25. The second-order valence-corrected chi connectivity index (χ2v) is 13.6. The van der Waals surface area contributed by atoms with Crippen LogP contribution in [-0.2, 0) is 26.2 Å². The Morgan fingerprint density at radius 3 is 2.11 bits per heavy atom. The van der Waals surface area contributed by atoms with Gasteiger partial charge in [0.05, 0.1) is 17.2 Å². The average molecular weight is 681 g/mol. The lowest BCUT2D eigenvalue weighted by atomic mass is 10.1. The summed E-state index contributed by atoms with van der Waals surface area (Å²) in [6, 6.07) is 16.3. The fourth-order valence-corrected chi connectivity index (χ4v) is 7.34. The zero-order valence-electron chi connectivity index (χ0n) is 24.6. The van der Waals surface area contributed by atoms with Crippen molar-refractivity contribution in [1.82, 2.24) is 10.2 Å². The molecule has 1 atom stereocenters. The molecular formula is C32H36Cl3N3O5S. The van der Waals surface area contributed by atoms with E-state index in [4.69, 9.17) is 39.5 Å². The predicted molar refractivity (Wildman–Crippen MR) is 175 cm³/mol. The third kappa shape index (κ3) is 8.18. The first-order valence-electron chi connectivity index (χ1n) is 14.6. The van der Waals surface area contributed by atoms with Crippen molar-refractivity contribution in [3.05, 3.63) is 87.4 Å². The molecule has 0 radical (unpaired) electrons. The number of benzene rings is 3. The summed E-state index contributed by atoms with van der Waals surface area (Å²) < 4.78 is 34.6. The number of carbonyl (C=O) groups is 2. The van der Waals surface area contributed by atoms with E-state index in [9.17, 15) is 18.0 Å². The van der Waals surface area contributed by atoms with Crippen LogP contribution < -0.4 is 14.4 Å². The van der Waals surface area contributed by atoms with Gasteiger partial charge < -0.3 is 15.0 Å². The molecule has 1 aliphatic carbocycles. The molecule has 12 heteroatoms. The fourth-order valence-electron chi connectivity index (χ4n) is 5.28. The minimum absolute atomic E-state index is 0.0306. The first-order valence-corrected chi connectivity index (χ1v) is 17.2. The zero-order valence-corrected chi connectivity index (χ0v) is 27.7. The van der Waals surface area contributed by atoms with Crippen LogP contribution in [0.3, 0.4) is 0 Å². The van der Waals surface area contributed by atoms with E-state index in [0.717, 1.165) is 30.0 Å². The van der Waals surface area contributed by atoms with E-state index >= 15 is 0 Å². The predicted octanol–water partition coefficient (Wildman–Crippen LogP) is 7.11. The highest BCUT2D eigenvalue weighted by Crippen LogP contribution is 2.30. The zero-order chi connectivity index (χ0) is 31.9. The highest BCUT2D eigenvalue weighted by Gasteiger charge is 2.35. The average Bonchev–Trinajstić information content (AvgIpc) is 3.51. The van der Waals surface area contributed by atoms with Crippen molar-refractivity contribution in [1.29, 1.82) is 0 Å². The Morgan fingerprint density at radius 2 is 1.55 bits per heavy atom. The topological polar surface area (TPSA) is 96.0 Å². The molecule has 4 rings (SSSR count). The van der Waals surface area contributed by atoms with Crippen molar-refractivity contribution in [2.45, 2.75) is 69.5 Å². The van der Waals surface area contributed by atoms with Gasteiger partial charge in [-0.05, 0) is 86.8 Å². The maximum absolute atomic E-state index is 14.3. The number of hydrogen-bond acceptors (Lipinski definition) is 5. The number of nitrogens with zero attached hydrogens (tertiary/aromatic N) is 2. The van der Waals surface area contributed by atoms with Gasteiger partial charge in [-0.2, -0.15) is 0 Å². The molecule has 0 aromatic heterocycles. The van der Waals surface area contributed by atoms with E-state index in [1.165, 1.54) is 29.2 Å². The lowest BCUT2D eigenvalue weighted by Gasteiger charge is -2.34. The lowest BCUT2D eigenvalue weighted by Crippen LogP contribution is -2.53. The molecule has 236 valence electrons. The minimum Gasteiger partial charge on any atom is -0.494 e. The van der Waals surface area contributed by atoms with E-state index in [2.05, 4.69) is 5.32 Å². The third-order valence-electron chi connectivity index (χ3n) is 7.59. The summed E-state index contributed by atoms with van der Waals surface area (Å²) in [5.74, 6) is -0.346. The molecule has 0 aliphatic heterocycles. The van der Waals surface area contributed by atoms with Crippen molar-refractivity contribution < 1.29 is 22.7 Å². The van der Waals surface area contributed by atoms with Gasteiger partial charge >= 0.3 is 0 Å². The van der Waals surface area contributed by atoms with E-state index < -0.39 is 28.5 Å². The molecule has 1 aliphatic rings. The quantitative estimate of drug-likeness (QED) is 0.208. The summed E-state index contributed by atoms with van der Waals surface area (Å²) in [7, 11) is -4.25. The van der Waals surface area contributed by atoms with Crippen LogP contribution in [-0.4, -0.2) is 50.4 Å². The van der Waals surface area contributed by atoms with Crippen LogP contribution in [0.5, 0.6) is 5.75 Å². The number of amides is 2. The maximum atomic E-state index is 14.3. The number of carbonyl (C=O) groups excluding carboxylic acids is 2. The Balaban J connectivity index is 1.74. The molecule has 3 aromatic carbocycles. The van der Waals surface area contributed by atoms with Crippen molar-refractivity contribution in [2.75, 3.05) is 17.5 Å². The van der Waals surface area contributed by atoms with Crippen molar-refractivity contribution in [3.63, 3.8) is 0 Å². The fraction of sp³-hybridized carbons (Fsp3) is 0.375. The number of sulfonamides is 1. The third-order valence-corrected chi connectivity index (χ3v) is 10.3. The van der Waals surface area contributed by atoms with Gasteiger partial charge in [0.2, 0.25) is 11.8 Å². The van der Waals surface area contributed by atoms with Crippen molar-refractivity contribution in [2.24, 2.45) is 0 Å². The Labute approximate surface area is 274 Å². The monoisotopic (exact) mass is 679 g/mol. The number of nitrogens with one attached hydrogen (secondary N) is 1. The molecule has 0 saturated heterocycles. The normalized spacial score (nSPS) is 14.2. The van der Waals surface area contributed by atoms with E-state index in [0.29, 0.717) is 39.4 Å². The van der Waals surface area contributed by atoms with Gasteiger partial charge in [-0.1, -0.05) is 60.6 Å². The van der Waals surface area contributed by atoms with Crippen molar-refractivity contribution in [3.8, 4) is 5.75 Å². The molecule has 2 amide bonds. The first-order chi connectivity index (χ1) is 21.0. The van der Waals surface area contributed by atoms with Gasteiger partial charge in [-0.25, -0.2) is 8.42 Å². The molecule has 44 heavy (non-hydrogen) atoms. The van der Waals surface area contributed by atoms with E-state index in [1.807, 2.05) is 13.8 Å². The molecule has 3 aromatic rings. The Kier molecular flexibility index (Phi) is 11.8. The Hall–Kier alpha value is -2.98. The van der Waals surface area contributed by atoms with Gasteiger partial charge in [0.25, 0.3) is 10.0 Å². The van der Waals surface area contributed by atoms with Crippen molar-refractivity contribution >= 4 is 62.3 Å². The van der Waals surface area contributed by atoms with Crippen LogP contribution >= 0.6 is 34.8 Å². The standard InChI is InChI=1S/C32H36Cl3N3O5S/c1-3-30(32(40)36-23-8-5-6-9-23)37(20-27-28(34)10-7-11-29(27)35)31(39)21-38(24-14-16-25(17-15-24)43-4-2)44(41,42)26-18-12-22(33)13-19-26/h7,10-19,23,30H,3-6,8-9,20-21H2,1-2H3,(H,36,40). The maximum Gasteiger partial charge on any atom is 0.264 e. The SMILES string of the molecule is CCOc1ccc(N(CC(=O)N(Cc2c(Cl)cccc2Cl)C(CC)C(=O)NC2CCCC2)S(=O)(=O)c2ccc(Cl)cc2)cc1. The molecule has 0 heterocycles.